The van der Waals surface area contributed by atoms with Crippen molar-refractivity contribution in [1.29, 1.82) is 0 Å². The van der Waals surface area contributed by atoms with E-state index in [2.05, 4.69) is 95.8 Å². The molecule has 0 unspecified atom stereocenters. The molecule has 0 bridgehead atoms. The average molecular weight is 441 g/mol. The van der Waals surface area contributed by atoms with Gasteiger partial charge in [-0.15, -0.1) is 0 Å². The maximum atomic E-state index is 5.34. The SMILES string of the molecule is CC1=CC=C(n2c3cccnc3c3cc4c(nc32)c2ccccc2n4-c2ccc(C)cc2)CC1. The Morgan fingerprint density at radius 3 is 2.35 bits per heavy atom. The molecule has 0 saturated carbocycles. The standard InChI is InChI=1S/C30H24N4/c1-19-9-13-21(14-10-19)33-25-7-4-3-6-23(25)29-27(33)18-24-28-26(8-5-17-31-28)34(30(24)32-29)22-15-11-20(2)12-16-22/h3-11,13-15,17-18H,12,16H2,1-2H3. The van der Waals surface area contributed by atoms with Gasteiger partial charge < -0.3 is 4.57 Å². The van der Waals surface area contributed by atoms with Crippen LogP contribution in [0.2, 0.25) is 0 Å². The molecule has 1 aliphatic carbocycles. The first-order chi connectivity index (χ1) is 16.7. The number of nitrogens with zero attached hydrogens (tertiary/aromatic N) is 4. The minimum absolute atomic E-state index is 0.979. The summed E-state index contributed by atoms with van der Waals surface area (Å²) >= 11 is 0. The van der Waals surface area contributed by atoms with Crippen LogP contribution in [0.3, 0.4) is 0 Å². The topological polar surface area (TPSA) is 35.6 Å². The third-order valence-electron chi connectivity index (χ3n) is 7.03. The Hall–Kier alpha value is -4.18. The van der Waals surface area contributed by atoms with E-state index in [-0.39, 0.29) is 0 Å². The number of allylic oxidation sites excluding steroid dienone is 4. The van der Waals surface area contributed by atoms with E-state index in [0.717, 1.165) is 57.0 Å². The lowest BCUT2D eigenvalue weighted by molar-refractivity contribution is 0.923. The largest absolute Gasteiger partial charge is 0.308 e. The van der Waals surface area contributed by atoms with Gasteiger partial charge in [0.1, 0.15) is 5.65 Å². The molecule has 0 N–H and O–H groups in total. The molecule has 0 aliphatic heterocycles. The Kier molecular flexibility index (Phi) is 4.06. The lowest BCUT2D eigenvalue weighted by Crippen LogP contribution is -2.01. The monoisotopic (exact) mass is 440 g/mol. The van der Waals surface area contributed by atoms with Crippen LogP contribution >= 0.6 is 0 Å². The van der Waals surface area contributed by atoms with Crippen LogP contribution in [0.25, 0.3) is 55.4 Å². The molecule has 0 atom stereocenters. The van der Waals surface area contributed by atoms with Crippen molar-refractivity contribution in [3.05, 3.63) is 96.2 Å². The summed E-state index contributed by atoms with van der Waals surface area (Å²) in [5.74, 6) is 0. The predicted octanol–water partition coefficient (Wildman–Crippen LogP) is 7.57. The third kappa shape index (κ3) is 2.72. The number of para-hydroxylation sites is 1. The van der Waals surface area contributed by atoms with Gasteiger partial charge in [0.05, 0.1) is 27.6 Å². The number of aryl methyl sites for hydroxylation is 1. The summed E-state index contributed by atoms with van der Waals surface area (Å²) in [6.07, 6.45) is 8.43. The highest BCUT2D eigenvalue weighted by molar-refractivity contribution is 6.15. The first-order valence-electron chi connectivity index (χ1n) is 11.8. The summed E-state index contributed by atoms with van der Waals surface area (Å²) in [7, 11) is 0. The van der Waals surface area contributed by atoms with E-state index in [1.165, 1.54) is 22.4 Å². The number of benzene rings is 2. The second-order valence-corrected chi connectivity index (χ2v) is 9.29. The van der Waals surface area contributed by atoms with E-state index in [4.69, 9.17) is 9.97 Å². The van der Waals surface area contributed by atoms with Crippen LogP contribution in [-0.4, -0.2) is 19.1 Å². The first kappa shape index (κ1) is 19.3. The van der Waals surface area contributed by atoms with Gasteiger partial charge in [0.25, 0.3) is 0 Å². The summed E-state index contributed by atoms with van der Waals surface area (Å²) in [6.45, 7) is 4.32. The van der Waals surface area contributed by atoms with Gasteiger partial charge in [-0.25, -0.2) is 4.98 Å². The Bertz CT molecular complexity index is 1810. The highest BCUT2D eigenvalue weighted by atomic mass is 15.1. The molecule has 164 valence electrons. The number of hydrogen-bond donors (Lipinski definition) is 0. The highest BCUT2D eigenvalue weighted by Gasteiger charge is 2.21. The van der Waals surface area contributed by atoms with Crippen molar-refractivity contribution in [2.45, 2.75) is 26.7 Å². The van der Waals surface area contributed by atoms with E-state index in [1.54, 1.807) is 0 Å². The van der Waals surface area contributed by atoms with Crippen molar-refractivity contribution in [3.8, 4) is 5.69 Å². The Morgan fingerprint density at radius 1 is 0.706 bits per heavy atom. The summed E-state index contributed by atoms with van der Waals surface area (Å²) in [4.78, 5) is 10.1. The maximum Gasteiger partial charge on any atom is 0.147 e. The zero-order valence-electron chi connectivity index (χ0n) is 19.3. The molecule has 34 heavy (non-hydrogen) atoms. The van der Waals surface area contributed by atoms with Gasteiger partial charge in [0.15, 0.2) is 0 Å². The van der Waals surface area contributed by atoms with E-state index in [0.29, 0.717) is 0 Å². The molecule has 0 spiro atoms. The zero-order chi connectivity index (χ0) is 22.8. The molecule has 0 radical (unpaired) electrons. The van der Waals surface area contributed by atoms with Gasteiger partial charge in [-0.1, -0.05) is 47.5 Å². The third-order valence-corrected chi connectivity index (χ3v) is 7.03. The normalized spacial score (nSPS) is 14.3. The second-order valence-electron chi connectivity index (χ2n) is 9.29. The summed E-state index contributed by atoms with van der Waals surface area (Å²) < 4.78 is 4.65. The van der Waals surface area contributed by atoms with Crippen LogP contribution in [-0.2, 0) is 0 Å². The molecular formula is C30H24N4. The van der Waals surface area contributed by atoms with Crippen molar-refractivity contribution >= 4 is 49.7 Å². The number of fused-ring (bicyclic) bond motifs is 6. The van der Waals surface area contributed by atoms with Gasteiger partial charge in [-0.3, -0.25) is 9.55 Å². The van der Waals surface area contributed by atoms with Crippen LogP contribution in [0.5, 0.6) is 0 Å². The van der Waals surface area contributed by atoms with Crippen LogP contribution in [0.1, 0.15) is 25.3 Å². The van der Waals surface area contributed by atoms with Crippen LogP contribution in [0, 0.1) is 6.92 Å². The number of pyridine rings is 2. The molecule has 7 rings (SSSR count). The lowest BCUT2D eigenvalue weighted by Gasteiger charge is -2.15. The molecule has 4 nitrogen and oxygen atoms in total. The van der Waals surface area contributed by atoms with Gasteiger partial charge in [0, 0.05) is 28.4 Å². The fourth-order valence-corrected chi connectivity index (χ4v) is 5.28. The predicted molar refractivity (Wildman–Crippen MR) is 141 cm³/mol. The number of rotatable bonds is 2. The molecule has 0 fully saturated rings. The number of hydrogen-bond acceptors (Lipinski definition) is 2. The molecule has 4 aromatic heterocycles. The average Bonchev–Trinajstić information content (AvgIpc) is 3.36. The molecule has 4 heteroatoms. The van der Waals surface area contributed by atoms with Crippen molar-refractivity contribution in [2.24, 2.45) is 0 Å². The lowest BCUT2D eigenvalue weighted by atomic mass is 10.0. The minimum Gasteiger partial charge on any atom is -0.308 e. The molecule has 2 aromatic carbocycles. The highest BCUT2D eigenvalue weighted by Crippen LogP contribution is 2.38. The summed E-state index contributed by atoms with van der Waals surface area (Å²) in [6, 6.07) is 23.7. The van der Waals surface area contributed by atoms with Gasteiger partial charge >= 0.3 is 0 Å². The van der Waals surface area contributed by atoms with E-state index in [1.807, 2.05) is 12.3 Å². The molecular weight excluding hydrogens is 416 g/mol. The van der Waals surface area contributed by atoms with E-state index >= 15 is 0 Å². The fraction of sp³-hybridized carbons (Fsp3) is 0.133. The summed E-state index contributed by atoms with van der Waals surface area (Å²) in [5.41, 5.74) is 11.5. The molecule has 0 amide bonds. The molecule has 4 heterocycles. The van der Waals surface area contributed by atoms with Crippen LogP contribution < -0.4 is 0 Å². The van der Waals surface area contributed by atoms with Gasteiger partial charge in [-0.05, 0) is 69.2 Å². The van der Waals surface area contributed by atoms with Crippen LogP contribution in [0.15, 0.2) is 90.7 Å². The van der Waals surface area contributed by atoms with Crippen molar-refractivity contribution in [1.82, 2.24) is 19.1 Å². The van der Waals surface area contributed by atoms with Crippen LogP contribution in [0.4, 0.5) is 0 Å². The number of aromatic nitrogens is 4. The fourth-order valence-electron chi connectivity index (χ4n) is 5.28. The smallest absolute Gasteiger partial charge is 0.147 e. The van der Waals surface area contributed by atoms with E-state index in [9.17, 15) is 0 Å². The Labute approximate surface area is 197 Å². The molecule has 0 saturated heterocycles. The van der Waals surface area contributed by atoms with Gasteiger partial charge in [0.2, 0.25) is 0 Å². The summed E-state index contributed by atoms with van der Waals surface area (Å²) in [5, 5.41) is 2.25. The maximum absolute atomic E-state index is 5.34. The minimum atomic E-state index is 0.979. The molecule has 6 aromatic rings. The quantitative estimate of drug-likeness (QED) is 0.278. The Morgan fingerprint density at radius 2 is 1.53 bits per heavy atom. The molecule has 1 aliphatic rings. The van der Waals surface area contributed by atoms with Gasteiger partial charge in [-0.2, -0.15) is 0 Å². The van der Waals surface area contributed by atoms with Crippen molar-refractivity contribution in [2.75, 3.05) is 0 Å². The Balaban J connectivity index is 1.64. The van der Waals surface area contributed by atoms with Crippen molar-refractivity contribution in [3.63, 3.8) is 0 Å². The zero-order valence-corrected chi connectivity index (χ0v) is 19.3. The van der Waals surface area contributed by atoms with Crippen molar-refractivity contribution < 1.29 is 0 Å². The first-order valence-corrected chi connectivity index (χ1v) is 11.8. The second kappa shape index (κ2) is 7.16. The van der Waals surface area contributed by atoms with E-state index < -0.39 is 0 Å².